The van der Waals surface area contributed by atoms with Crippen LogP contribution >= 0.6 is 35.7 Å². The maximum Gasteiger partial charge on any atom is 0.191 e. The molecule has 1 saturated heterocycles. The summed E-state index contributed by atoms with van der Waals surface area (Å²) in [5, 5.41) is 17.0. The highest BCUT2D eigenvalue weighted by Gasteiger charge is 2.31. The molecule has 2 heterocycles. The minimum atomic E-state index is -0.632. The van der Waals surface area contributed by atoms with Crippen molar-refractivity contribution in [1.29, 1.82) is 0 Å². The van der Waals surface area contributed by atoms with Crippen LogP contribution in [0.2, 0.25) is 0 Å². The molecule has 1 unspecified atom stereocenters. The zero-order valence-corrected chi connectivity index (χ0v) is 17.9. The van der Waals surface area contributed by atoms with Crippen LogP contribution < -0.4 is 15.4 Å². The van der Waals surface area contributed by atoms with E-state index in [4.69, 9.17) is 4.74 Å². The molecular formula is C18H28IN3O2S. The summed E-state index contributed by atoms with van der Waals surface area (Å²) in [4.78, 5) is 4.57. The van der Waals surface area contributed by atoms with Gasteiger partial charge in [0.05, 0.1) is 18.8 Å². The molecule has 1 atom stereocenters. The Morgan fingerprint density at radius 1 is 1.40 bits per heavy atom. The number of nitrogens with one attached hydrogen (secondary N) is 2. The van der Waals surface area contributed by atoms with Crippen molar-refractivity contribution in [2.75, 3.05) is 37.7 Å². The standard InChI is InChI=1S/C18H27N3O2S.HI/c1-2-19-17(21-12-18(22)7-10-24-13-18)20-8-5-14-3-4-16-15(11-14)6-9-23-16;/h3-4,11,22H,2,5-10,12-13H2,1H3,(H2,19,20,21);1H. The van der Waals surface area contributed by atoms with Crippen LogP contribution in [-0.2, 0) is 12.8 Å². The number of halogens is 1. The molecule has 2 aliphatic heterocycles. The largest absolute Gasteiger partial charge is 0.493 e. The molecule has 0 aromatic heterocycles. The Balaban J connectivity index is 0.00000225. The molecule has 7 heteroatoms. The van der Waals surface area contributed by atoms with E-state index in [0.29, 0.717) is 6.54 Å². The fraction of sp³-hybridized carbons (Fsp3) is 0.611. The molecule has 1 aromatic carbocycles. The van der Waals surface area contributed by atoms with Crippen molar-refractivity contribution >= 4 is 41.7 Å². The van der Waals surface area contributed by atoms with Gasteiger partial charge in [-0.15, -0.1) is 24.0 Å². The lowest BCUT2D eigenvalue weighted by Crippen LogP contribution is -2.40. The van der Waals surface area contributed by atoms with Crippen LogP contribution in [0, 0.1) is 0 Å². The highest BCUT2D eigenvalue weighted by atomic mass is 127. The van der Waals surface area contributed by atoms with Crippen molar-refractivity contribution in [1.82, 2.24) is 10.6 Å². The quantitative estimate of drug-likeness (QED) is 0.333. The number of benzene rings is 1. The van der Waals surface area contributed by atoms with Gasteiger partial charge in [0.1, 0.15) is 5.75 Å². The van der Waals surface area contributed by atoms with Gasteiger partial charge in [0, 0.05) is 25.3 Å². The number of rotatable bonds is 6. The van der Waals surface area contributed by atoms with E-state index in [1.165, 1.54) is 11.1 Å². The van der Waals surface area contributed by atoms with Crippen molar-refractivity contribution in [3.8, 4) is 5.75 Å². The zero-order valence-electron chi connectivity index (χ0n) is 14.7. The van der Waals surface area contributed by atoms with Gasteiger partial charge >= 0.3 is 0 Å². The lowest BCUT2D eigenvalue weighted by molar-refractivity contribution is 0.0778. The zero-order chi connectivity index (χ0) is 16.8. The van der Waals surface area contributed by atoms with Crippen LogP contribution in [0.15, 0.2) is 23.2 Å². The Morgan fingerprint density at radius 3 is 3.04 bits per heavy atom. The van der Waals surface area contributed by atoms with E-state index in [9.17, 15) is 5.11 Å². The number of aliphatic imine (C=N–C) groups is 1. The minimum absolute atomic E-state index is 0. The second kappa shape index (κ2) is 9.87. The summed E-state index contributed by atoms with van der Waals surface area (Å²) in [6.45, 7) is 4.95. The van der Waals surface area contributed by atoms with Crippen LogP contribution in [0.3, 0.4) is 0 Å². The molecule has 0 spiro atoms. The molecule has 3 N–H and O–H groups in total. The van der Waals surface area contributed by atoms with Crippen molar-refractivity contribution in [2.24, 2.45) is 4.99 Å². The Bertz CT molecular complexity index is 592. The fourth-order valence-corrected chi connectivity index (χ4v) is 4.29. The topological polar surface area (TPSA) is 65.9 Å². The van der Waals surface area contributed by atoms with Gasteiger partial charge in [-0.2, -0.15) is 11.8 Å². The normalized spacial score (nSPS) is 22.1. The van der Waals surface area contributed by atoms with Gasteiger partial charge in [-0.1, -0.05) is 12.1 Å². The van der Waals surface area contributed by atoms with E-state index in [2.05, 4.69) is 40.7 Å². The van der Waals surface area contributed by atoms with Gasteiger partial charge in [-0.3, -0.25) is 4.99 Å². The molecule has 2 aliphatic rings. The van der Waals surface area contributed by atoms with E-state index in [1.54, 1.807) is 11.8 Å². The van der Waals surface area contributed by atoms with E-state index >= 15 is 0 Å². The first kappa shape index (κ1) is 20.6. The summed E-state index contributed by atoms with van der Waals surface area (Å²) in [7, 11) is 0. The number of ether oxygens (including phenoxy) is 1. The molecule has 0 amide bonds. The molecule has 0 saturated carbocycles. The average Bonchev–Trinajstić information content (AvgIpc) is 3.21. The minimum Gasteiger partial charge on any atom is -0.493 e. The summed E-state index contributed by atoms with van der Waals surface area (Å²) in [5.41, 5.74) is 2.00. The summed E-state index contributed by atoms with van der Waals surface area (Å²) in [5.74, 6) is 3.63. The molecule has 1 fully saturated rings. The maximum atomic E-state index is 10.4. The summed E-state index contributed by atoms with van der Waals surface area (Å²) < 4.78 is 5.55. The monoisotopic (exact) mass is 477 g/mol. The number of guanidine groups is 1. The highest BCUT2D eigenvalue weighted by Crippen LogP contribution is 2.28. The summed E-state index contributed by atoms with van der Waals surface area (Å²) in [6.07, 6.45) is 2.78. The molecule has 1 aromatic rings. The Labute approximate surface area is 171 Å². The number of nitrogens with zero attached hydrogens (tertiary/aromatic N) is 1. The lowest BCUT2D eigenvalue weighted by atomic mass is 10.0. The SMILES string of the molecule is CCNC(=NCC1(O)CCSC1)NCCc1ccc2c(c1)CCO2.I. The van der Waals surface area contributed by atoms with Crippen LogP contribution in [0.5, 0.6) is 5.75 Å². The van der Waals surface area contributed by atoms with Gasteiger partial charge in [0.2, 0.25) is 0 Å². The number of thioether (sulfide) groups is 1. The molecule has 25 heavy (non-hydrogen) atoms. The second-order valence-corrected chi connectivity index (χ2v) is 7.54. The molecule has 0 bridgehead atoms. The van der Waals surface area contributed by atoms with E-state index in [1.807, 2.05) is 0 Å². The van der Waals surface area contributed by atoms with Crippen molar-refractivity contribution in [2.45, 2.75) is 31.8 Å². The number of aliphatic hydroxyl groups is 1. The Hall–Kier alpha value is -0.670. The number of fused-ring (bicyclic) bond motifs is 1. The lowest BCUT2D eigenvalue weighted by Gasteiger charge is -2.19. The van der Waals surface area contributed by atoms with Gasteiger partial charge in [0.25, 0.3) is 0 Å². The molecular weight excluding hydrogens is 449 g/mol. The molecule has 5 nitrogen and oxygen atoms in total. The average molecular weight is 477 g/mol. The van der Waals surface area contributed by atoms with E-state index < -0.39 is 5.60 Å². The third-order valence-electron chi connectivity index (χ3n) is 4.42. The van der Waals surface area contributed by atoms with Crippen LogP contribution in [0.1, 0.15) is 24.5 Å². The third kappa shape index (κ3) is 5.92. The third-order valence-corrected chi connectivity index (χ3v) is 5.65. The van der Waals surface area contributed by atoms with Gasteiger partial charge in [-0.25, -0.2) is 0 Å². The first-order valence-electron chi connectivity index (χ1n) is 8.75. The fourth-order valence-electron chi connectivity index (χ4n) is 3.01. The Kier molecular flexibility index (Phi) is 8.15. The summed E-state index contributed by atoms with van der Waals surface area (Å²) >= 11 is 1.80. The smallest absolute Gasteiger partial charge is 0.191 e. The van der Waals surface area contributed by atoms with Gasteiger partial charge in [0.15, 0.2) is 5.96 Å². The van der Waals surface area contributed by atoms with E-state index in [-0.39, 0.29) is 24.0 Å². The van der Waals surface area contributed by atoms with Gasteiger partial charge < -0.3 is 20.5 Å². The predicted octanol–water partition coefficient (Wildman–Crippen LogP) is 2.21. The van der Waals surface area contributed by atoms with Crippen LogP contribution in [-0.4, -0.2) is 54.4 Å². The predicted molar refractivity (Wildman–Crippen MR) is 116 cm³/mol. The maximum absolute atomic E-state index is 10.4. The second-order valence-electron chi connectivity index (χ2n) is 6.44. The van der Waals surface area contributed by atoms with Gasteiger partial charge in [-0.05, 0) is 42.7 Å². The molecule has 3 rings (SSSR count). The summed E-state index contributed by atoms with van der Waals surface area (Å²) in [6, 6.07) is 6.45. The first-order valence-corrected chi connectivity index (χ1v) is 9.91. The molecule has 0 radical (unpaired) electrons. The van der Waals surface area contributed by atoms with Crippen LogP contribution in [0.25, 0.3) is 0 Å². The molecule has 0 aliphatic carbocycles. The highest BCUT2D eigenvalue weighted by molar-refractivity contribution is 14.0. The van der Waals surface area contributed by atoms with Crippen molar-refractivity contribution in [3.63, 3.8) is 0 Å². The van der Waals surface area contributed by atoms with Crippen molar-refractivity contribution < 1.29 is 9.84 Å². The number of hydrogen-bond donors (Lipinski definition) is 3. The van der Waals surface area contributed by atoms with E-state index in [0.717, 1.165) is 62.2 Å². The Morgan fingerprint density at radius 2 is 2.28 bits per heavy atom. The molecule has 140 valence electrons. The number of hydrogen-bond acceptors (Lipinski definition) is 4. The van der Waals surface area contributed by atoms with Crippen LogP contribution in [0.4, 0.5) is 0 Å². The first-order chi connectivity index (χ1) is 11.7. The van der Waals surface area contributed by atoms with Crippen molar-refractivity contribution in [3.05, 3.63) is 29.3 Å².